The topological polar surface area (TPSA) is 196 Å². The van der Waals surface area contributed by atoms with Gasteiger partial charge in [0.25, 0.3) is 0 Å². The zero-order chi connectivity index (χ0) is 47.6. The highest BCUT2D eigenvalue weighted by molar-refractivity contribution is 5.68. The molecule has 6 rings (SSSR count). The van der Waals surface area contributed by atoms with Gasteiger partial charge in [-0.2, -0.15) is 0 Å². The number of aromatic nitrogens is 3. The summed E-state index contributed by atoms with van der Waals surface area (Å²) in [4.78, 5) is 88.2. The summed E-state index contributed by atoms with van der Waals surface area (Å²) in [6, 6.07) is -0.818. The Balaban J connectivity index is 1.32. The Kier molecular flexibility index (Phi) is 15.3. The van der Waals surface area contributed by atoms with Crippen molar-refractivity contribution in [3.8, 4) is 0 Å². The maximum Gasteiger partial charge on any atom is 0.407 e. The van der Waals surface area contributed by atoms with Crippen molar-refractivity contribution in [2.24, 2.45) is 32.5 Å². The largest absolute Gasteiger partial charge is 0.448 e. The van der Waals surface area contributed by atoms with Crippen molar-refractivity contribution >= 4 is 18.3 Å². The second-order valence-electron chi connectivity index (χ2n) is 23.9. The van der Waals surface area contributed by atoms with Gasteiger partial charge in [0.2, 0.25) is 0 Å². The summed E-state index contributed by atoms with van der Waals surface area (Å²) < 4.78 is 25.2. The smallest absolute Gasteiger partial charge is 0.407 e. The summed E-state index contributed by atoms with van der Waals surface area (Å²) in [6.07, 6.45) is 4.00. The third-order valence-electron chi connectivity index (χ3n) is 14.2. The van der Waals surface area contributed by atoms with E-state index in [1.165, 1.54) is 20.8 Å². The lowest BCUT2D eigenvalue weighted by Crippen LogP contribution is -2.60. The van der Waals surface area contributed by atoms with E-state index in [0.717, 1.165) is 26.2 Å². The minimum atomic E-state index is -0.674. The minimum Gasteiger partial charge on any atom is -0.448 e. The fraction of sp³-hybridized carbons (Fsp3) is 0.872. The van der Waals surface area contributed by atoms with E-state index in [-0.39, 0.29) is 67.2 Å². The lowest BCUT2D eigenvalue weighted by Gasteiger charge is -2.48. The van der Waals surface area contributed by atoms with Gasteiger partial charge in [0, 0.05) is 84.1 Å². The van der Waals surface area contributed by atoms with Crippen molar-refractivity contribution in [3.05, 3.63) is 31.5 Å². The molecule has 6 atom stereocenters. The van der Waals surface area contributed by atoms with Crippen LogP contribution in [0.25, 0.3) is 0 Å². The molecule has 65 heavy (non-hydrogen) atoms. The van der Waals surface area contributed by atoms with Crippen molar-refractivity contribution in [1.29, 1.82) is 0 Å². The van der Waals surface area contributed by atoms with Gasteiger partial charge in [-0.1, -0.05) is 62.3 Å². The van der Waals surface area contributed by atoms with Crippen molar-refractivity contribution in [2.75, 3.05) is 72.8 Å². The van der Waals surface area contributed by atoms with Crippen LogP contribution in [0, 0.1) is 32.5 Å². The molecule has 18 nitrogen and oxygen atoms in total. The quantitative estimate of drug-likeness (QED) is 0.107. The highest BCUT2D eigenvalue weighted by Gasteiger charge is 2.47. The van der Waals surface area contributed by atoms with Crippen LogP contribution >= 0.6 is 0 Å². The number of methoxy groups -OCH3 is 1. The predicted octanol–water partition coefficient (Wildman–Crippen LogP) is 4.38. The number of nitrogens with one attached hydrogen (secondary N) is 3. The Hall–Kier alpha value is -3.90. The van der Waals surface area contributed by atoms with Gasteiger partial charge < -0.3 is 34.9 Å². The summed E-state index contributed by atoms with van der Waals surface area (Å²) in [6.45, 7) is 25.4. The van der Waals surface area contributed by atoms with Crippen LogP contribution in [0.3, 0.4) is 0 Å². The molecule has 3 N–H and O–H groups in total. The Morgan fingerprint density at radius 3 is 1.05 bits per heavy atom. The Morgan fingerprint density at radius 2 is 0.769 bits per heavy atom. The first kappa shape index (κ1) is 50.5. The minimum absolute atomic E-state index is 0.0244. The Bertz CT molecular complexity index is 1950. The zero-order valence-corrected chi connectivity index (χ0v) is 41.1. The molecule has 1 aromatic rings. The molecule has 3 heterocycles. The molecule has 5 aliphatic rings. The zero-order valence-electron chi connectivity index (χ0n) is 41.1. The van der Waals surface area contributed by atoms with Crippen LogP contribution in [0.1, 0.15) is 120 Å². The molecule has 2 unspecified atom stereocenters. The van der Waals surface area contributed by atoms with Crippen molar-refractivity contribution in [2.45, 2.75) is 158 Å². The van der Waals surface area contributed by atoms with E-state index in [4.69, 9.17) is 18.9 Å². The van der Waals surface area contributed by atoms with Gasteiger partial charge in [0.15, 0.2) is 0 Å². The van der Waals surface area contributed by atoms with Gasteiger partial charge in [0.05, 0.1) is 6.61 Å². The maximum atomic E-state index is 15.0. The van der Waals surface area contributed by atoms with E-state index < -0.39 is 51.6 Å². The van der Waals surface area contributed by atoms with Crippen LogP contribution in [0.15, 0.2) is 14.4 Å². The van der Waals surface area contributed by atoms with E-state index >= 15 is 4.79 Å². The van der Waals surface area contributed by atoms with Gasteiger partial charge in [-0.3, -0.25) is 9.80 Å². The lowest BCUT2D eigenvalue weighted by atomic mass is 9.62. The van der Waals surface area contributed by atoms with E-state index in [9.17, 15) is 24.0 Å². The molecule has 5 fully saturated rings. The molecule has 368 valence electrons. The fourth-order valence-corrected chi connectivity index (χ4v) is 12.8. The number of alkyl carbamates (subject to hydrolysis) is 3. The third kappa shape index (κ3) is 14.5. The van der Waals surface area contributed by atoms with E-state index in [0.29, 0.717) is 84.1 Å². The van der Waals surface area contributed by atoms with Gasteiger partial charge in [-0.05, 0) is 90.3 Å². The second kappa shape index (κ2) is 19.7. The average molecular weight is 917 g/mol. The average Bonchev–Trinajstić information content (AvgIpc) is 4.09. The molecule has 0 bridgehead atoms. The predicted molar refractivity (Wildman–Crippen MR) is 246 cm³/mol. The number of hydrogen-bond donors (Lipinski definition) is 3. The SMILES string of the molecule is COCCOC(=O)NC1CC(C)(C)CC(C)(Cn2c(=O)n(C[C@]3(C)C[C@H](NC(=O)OCCN4CC4)CC(C)(C)C3)c(=O)n(C[C@]3(C)C[C@@H](NC(=O)OCCN4CC4)CC(C)(C)C3)c2=O)C1. The van der Waals surface area contributed by atoms with Gasteiger partial charge >= 0.3 is 35.3 Å². The molecule has 0 spiro atoms. The van der Waals surface area contributed by atoms with E-state index in [1.54, 1.807) is 0 Å². The summed E-state index contributed by atoms with van der Waals surface area (Å²) in [5.41, 5.74) is -4.69. The van der Waals surface area contributed by atoms with Gasteiger partial charge in [0.1, 0.15) is 19.8 Å². The monoisotopic (exact) mass is 917 g/mol. The number of nitrogens with zero attached hydrogens (tertiary/aromatic N) is 5. The molecule has 3 saturated carbocycles. The summed E-state index contributed by atoms with van der Waals surface area (Å²) in [5.74, 6) is 0. The first-order valence-corrected chi connectivity index (χ1v) is 24.0. The standard InChI is InChI=1S/C47H80N8O10/c1-42(2)21-33(48-36(56)63-17-15-51-11-12-51)24-45(7,27-42)30-53-39(59)54(31-46(8)25-34(22-43(3,4)28-46)49-37(57)64-18-16-52-13-14-52)41(61)55(40(53)60)32-47(9)26-35(23-44(5,6)29-47)50-38(58)65-20-19-62-10/h33-35H,11-32H2,1-10H3,(H,48,56)(H,49,57)(H,50,58)/t33-,34+,35?,45-,46-,47?/m1/s1. The number of carbonyl (C=O) groups excluding carboxylic acids is 3. The molecule has 3 amide bonds. The van der Waals surface area contributed by atoms with Crippen molar-refractivity contribution in [1.82, 2.24) is 39.5 Å². The van der Waals surface area contributed by atoms with Crippen LogP contribution in [0.2, 0.25) is 0 Å². The molecular formula is C47H80N8O10. The molecule has 18 heteroatoms. The molecule has 1 aromatic heterocycles. The summed E-state index contributed by atoms with van der Waals surface area (Å²) >= 11 is 0. The number of rotatable bonds is 18. The Labute approximate surface area is 384 Å². The van der Waals surface area contributed by atoms with Crippen LogP contribution in [-0.2, 0) is 38.6 Å². The van der Waals surface area contributed by atoms with E-state index in [2.05, 4.69) is 81.1 Å². The first-order valence-electron chi connectivity index (χ1n) is 24.0. The highest BCUT2D eigenvalue weighted by atomic mass is 16.6. The van der Waals surface area contributed by atoms with Crippen molar-refractivity contribution in [3.63, 3.8) is 0 Å². The number of amides is 3. The molecule has 0 aromatic carbocycles. The molecule has 2 saturated heterocycles. The fourth-order valence-electron chi connectivity index (χ4n) is 12.8. The third-order valence-corrected chi connectivity index (χ3v) is 14.2. The van der Waals surface area contributed by atoms with Crippen LogP contribution in [0.5, 0.6) is 0 Å². The van der Waals surface area contributed by atoms with Gasteiger partial charge in [-0.15, -0.1) is 0 Å². The normalized spacial score (nSPS) is 30.5. The number of ether oxygens (including phenoxy) is 4. The first-order chi connectivity index (χ1) is 30.3. The van der Waals surface area contributed by atoms with Crippen molar-refractivity contribution < 1.29 is 33.3 Å². The summed E-state index contributed by atoms with van der Waals surface area (Å²) in [5, 5.41) is 9.18. The molecule has 2 aliphatic heterocycles. The van der Waals surface area contributed by atoms with Gasteiger partial charge in [-0.25, -0.2) is 42.5 Å². The number of hydrogen-bond acceptors (Lipinski definition) is 12. The highest BCUT2D eigenvalue weighted by Crippen LogP contribution is 2.49. The Morgan fingerprint density at radius 1 is 0.477 bits per heavy atom. The second-order valence-corrected chi connectivity index (χ2v) is 23.9. The van der Waals surface area contributed by atoms with E-state index in [1.807, 2.05) is 6.92 Å². The number of carbonyl (C=O) groups is 3. The maximum absolute atomic E-state index is 15.0. The molecule has 0 radical (unpaired) electrons. The van der Waals surface area contributed by atoms with Crippen LogP contribution < -0.4 is 33.0 Å². The van der Waals surface area contributed by atoms with Crippen LogP contribution in [-0.4, -0.2) is 133 Å². The lowest BCUT2D eigenvalue weighted by molar-refractivity contribution is 0.0389. The molecule has 3 aliphatic carbocycles. The molecular weight excluding hydrogens is 837 g/mol. The van der Waals surface area contributed by atoms with Crippen LogP contribution in [0.4, 0.5) is 14.4 Å². The summed E-state index contributed by atoms with van der Waals surface area (Å²) in [7, 11) is 1.54.